The minimum absolute atomic E-state index is 0.248. The van der Waals surface area contributed by atoms with Crippen LogP contribution in [-0.4, -0.2) is 25.0 Å². The summed E-state index contributed by atoms with van der Waals surface area (Å²) in [5, 5.41) is 0. The third kappa shape index (κ3) is 2.43. The van der Waals surface area contributed by atoms with Gasteiger partial charge >= 0.3 is 6.18 Å². The van der Waals surface area contributed by atoms with Crippen LogP contribution in [0.1, 0.15) is 23.2 Å². The first kappa shape index (κ1) is 12.0. The van der Waals surface area contributed by atoms with E-state index in [-0.39, 0.29) is 5.56 Å². The number of para-hydroxylation sites is 1. The molecule has 1 fully saturated rings. The van der Waals surface area contributed by atoms with Crippen LogP contribution in [0.3, 0.4) is 0 Å². The van der Waals surface area contributed by atoms with Crippen LogP contribution in [0.25, 0.3) is 0 Å². The molecule has 92 valence electrons. The van der Waals surface area contributed by atoms with Gasteiger partial charge in [0.25, 0.3) is 5.78 Å². The summed E-state index contributed by atoms with van der Waals surface area (Å²) in [6.45, 7) is 1.42. The summed E-state index contributed by atoms with van der Waals surface area (Å²) < 4.78 is 37.3. The molecule has 17 heavy (non-hydrogen) atoms. The number of hydrogen-bond donors (Lipinski definition) is 0. The summed E-state index contributed by atoms with van der Waals surface area (Å²) in [5.74, 6) is -1.76. The van der Waals surface area contributed by atoms with Gasteiger partial charge in [-0.3, -0.25) is 4.79 Å². The van der Waals surface area contributed by atoms with E-state index >= 15 is 0 Å². The highest BCUT2D eigenvalue weighted by molar-refractivity contribution is 6.04. The van der Waals surface area contributed by atoms with Crippen LogP contribution in [0.5, 0.6) is 0 Å². The molecule has 0 atom stereocenters. The van der Waals surface area contributed by atoms with Gasteiger partial charge in [-0.05, 0) is 25.0 Å². The molecule has 1 saturated heterocycles. The number of benzene rings is 1. The Morgan fingerprint density at radius 2 is 1.71 bits per heavy atom. The molecule has 0 radical (unpaired) electrons. The SMILES string of the molecule is O=C(c1ccccc1N1CCCC1)C(F)(F)F. The molecule has 0 amide bonds. The number of rotatable bonds is 2. The van der Waals surface area contributed by atoms with Gasteiger partial charge in [0.1, 0.15) is 0 Å². The Bertz CT molecular complexity index is 422. The molecule has 0 aliphatic carbocycles. The van der Waals surface area contributed by atoms with E-state index in [1.54, 1.807) is 12.1 Å². The Kier molecular flexibility index (Phi) is 3.09. The van der Waals surface area contributed by atoms with E-state index in [2.05, 4.69) is 0 Å². The van der Waals surface area contributed by atoms with Gasteiger partial charge in [0.05, 0.1) is 5.56 Å². The smallest absolute Gasteiger partial charge is 0.371 e. The van der Waals surface area contributed by atoms with Crippen LogP contribution < -0.4 is 4.90 Å². The molecule has 1 aliphatic rings. The molecule has 1 heterocycles. The molecular formula is C12H12F3NO. The lowest BCUT2D eigenvalue weighted by Crippen LogP contribution is -2.27. The van der Waals surface area contributed by atoms with Crippen LogP contribution in [0.2, 0.25) is 0 Å². The summed E-state index contributed by atoms with van der Waals surface area (Å²) in [7, 11) is 0. The largest absolute Gasteiger partial charge is 0.454 e. The van der Waals surface area contributed by atoms with E-state index in [1.807, 2.05) is 4.90 Å². The lowest BCUT2D eigenvalue weighted by Gasteiger charge is -2.21. The summed E-state index contributed by atoms with van der Waals surface area (Å²) in [6.07, 6.45) is -2.90. The van der Waals surface area contributed by atoms with Crippen molar-refractivity contribution in [1.29, 1.82) is 0 Å². The highest BCUT2D eigenvalue weighted by atomic mass is 19.4. The van der Waals surface area contributed by atoms with E-state index in [1.165, 1.54) is 12.1 Å². The van der Waals surface area contributed by atoms with Gasteiger partial charge in [0.15, 0.2) is 0 Å². The monoisotopic (exact) mass is 243 g/mol. The van der Waals surface area contributed by atoms with Gasteiger partial charge in [-0.25, -0.2) is 0 Å². The Labute approximate surface area is 97.0 Å². The maximum atomic E-state index is 12.4. The molecule has 0 bridgehead atoms. The number of Topliss-reactive ketones (excluding diaryl/α,β-unsaturated/α-hetero) is 1. The minimum atomic E-state index is -4.81. The van der Waals surface area contributed by atoms with E-state index < -0.39 is 12.0 Å². The van der Waals surface area contributed by atoms with E-state index in [9.17, 15) is 18.0 Å². The van der Waals surface area contributed by atoms with Gasteiger partial charge < -0.3 is 4.90 Å². The second kappa shape index (κ2) is 4.39. The van der Waals surface area contributed by atoms with Gasteiger partial charge in [0.2, 0.25) is 0 Å². The third-order valence-electron chi connectivity index (χ3n) is 2.85. The zero-order chi connectivity index (χ0) is 12.5. The van der Waals surface area contributed by atoms with Crippen molar-refractivity contribution in [2.45, 2.75) is 19.0 Å². The predicted octanol–water partition coefficient (Wildman–Crippen LogP) is 3.03. The molecule has 5 heteroatoms. The fraction of sp³-hybridized carbons (Fsp3) is 0.417. The van der Waals surface area contributed by atoms with Crippen molar-refractivity contribution >= 4 is 11.5 Å². The topological polar surface area (TPSA) is 20.3 Å². The number of carbonyl (C=O) groups is 1. The number of ketones is 1. The summed E-state index contributed by atoms with van der Waals surface area (Å²) in [6, 6.07) is 5.92. The number of carbonyl (C=O) groups excluding carboxylic acids is 1. The molecule has 1 aromatic carbocycles. The first-order valence-electron chi connectivity index (χ1n) is 5.45. The average molecular weight is 243 g/mol. The Morgan fingerprint density at radius 1 is 1.12 bits per heavy atom. The van der Waals surface area contributed by atoms with Crippen molar-refractivity contribution in [2.24, 2.45) is 0 Å². The number of nitrogens with zero attached hydrogens (tertiary/aromatic N) is 1. The van der Waals surface area contributed by atoms with Crippen molar-refractivity contribution < 1.29 is 18.0 Å². The number of halogens is 3. The highest BCUT2D eigenvalue weighted by Gasteiger charge is 2.40. The summed E-state index contributed by atoms with van der Waals surface area (Å²) in [5.41, 5.74) is 0.147. The van der Waals surface area contributed by atoms with Crippen molar-refractivity contribution in [3.05, 3.63) is 29.8 Å². The molecule has 0 unspecified atom stereocenters. The number of hydrogen-bond acceptors (Lipinski definition) is 2. The summed E-state index contributed by atoms with van der Waals surface area (Å²) in [4.78, 5) is 13.1. The second-order valence-corrected chi connectivity index (χ2v) is 4.04. The normalized spacial score (nSPS) is 16.3. The van der Waals surface area contributed by atoms with E-state index in [4.69, 9.17) is 0 Å². The zero-order valence-corrected chi connectivity index (χ0v) is 9.13. The standard InChI is InChI=1S/C12H12F3NO/c13-12(14,15)11(17)9-5-1-2-6-10(9)16-7-3-4-8-16/h1-2,5-6H,3-4,7-8H2. The average Bonchev–Trinajstić information content (AvgIpc) is 2.80. The first-order valence-corrected chi connectivity index (χ1v) is 5.45. The first-order chi connectivity index (χ1) is 8.00. The van der Waals surface area contributed by atoms with E-state index in [0.29, 0.717) is 18.8 Å². The molecular weight excluding hydrogens is 231 g/mol. The number of anilines is 1. The van der Waals surface area contributed by atoms with Crippen LogP contribution >= 0.6 is 0 Å². The quantitative estimate of drug-likeness (QED) is 0.744. The Morgan fingerprint density at radius 3 is 2.29 bits per heavy atom. The molecule has 0 aromatic heterocycles. The van der Waals surface area contributed by atoms with Crippen LogP contribution in [0, 0.1) is 0 Å². The molecule has 2 nitrogen and oxygen atoms in total. The molecule has 0 N–H and O–H groups in total. The van der Waals surface area contributed by atoms with Crippen molar-refractivity contribution in [2.75, 3.05) is 18.0 Å². The van der Waals surface area contributed by atoms with Gasteiger partial charge in [-0.2, -0.15) is 13.2 Å². The fourth-order valence-electron chi connectivity index (χ4n) is 2.05. The third-order valence-corrected chi connectivity index (χ3v) is 2.85. The minimum Gasteiger partial charge on any atom is -0.371 e. The van der Waals surface area contributed by atoms with E-state index in [0.717, 1.165) is 12.8 Å². The number of alkyl halides is 3. The molecule has 1 aliphatic heterocycles. The van der Waals surface area contributed by atoms with Crippen molar-refractivity contribution in [1.82, 2.24) is 0 Å². The Hall–Kier alpha value is -1.52. The van der Waals surface area contributed by atoms with Crippen molar-refractivity contribution in [3.63, 3.8) is 0 Å². The molecule has 1 aromatic rings. The summed E-state index contributed by atoms with van der Waals surface area (Å²) >= 11 is 0. The second-order valence-electron chi connectivity index (χ2n) is 4.04. The lowest BCUT2D eigenvalue weighted by atomic mass is 10.1. The van der Waals surface area contributed by atoms with Crippen LogP contribution in [-0.2, 0) is 0 Å². The highest BCUT2D eigenvalue weighted by Crippen LogP contribution is 2.30. The van der Waals surface area contributed by atoms with Gasteiger partial charge in [0, 0.05) is 18.8 Å². The predicted molar refractivity (Wildman–Crippen MR) is 58.3 cm³/mol. The lowest BCUT2D eigenvalue weighted by molar-refractivity contribution is -0.0884. The molecule has 0 saturated carbocycles. The molecule has 0 spiro atoms. The van der Waals surface area contributed by atoms with Crippen molar-refractivity contribution in [3.8, 4) is 0 Å². The van der Waals surface area contributed by atoms with Gasteiger partial charge in [-0.1, -0.05) is 12.1 Å². The zero-order valence-electron chi connectivity index (χ0n) is 9.13. The molecule has 2 rings (SSSR count). The van der Waals surface area contributed by atoms with Gasteiger partial charge in [-0.15, -0.1) is 0 Å². The fourth-order valence-corrected chi connectivity index (χ4v) is 2.05. The van der Waals surface area contributed by atoms with Crippen LogP contribution in [0.15, 0.2) is 24.3 Å². The maximum absolute atomic E-state index is 12.4. The maximum Gasteiger partial charge on any atom is 0.454 e. The van der Waals surface area contributed by atoms with Crippen LogP contribution in [0.4, 0.5) is 18.9 Å². The Balaban J connectivity index is 2.37.